The van der Waals surface area contributed by atoms with Crippen LogP contribution in [0.5, 0.6) is 5.75 Å². The van der Waals surface area contributed by atoms with Crippen molar-refractivity contribution >= 4 is 23.3 Å². The molecule has 1 aliphatic heterocycles. The summed E-state index contributed by atoms with van der Waals surface area (Å²) in [6.45, 7) is -0.183. The molecule has 0 atom stereocenters. The molecule has 0 spiro atoms. The summed E-state index contributed by atoms with van der Waals surface area (Å²) in [4.78, 5) is 42.9. The fraction of sp³-hybridized carbons (Fsp3) is 0.158. The Bertz CT molecular complexity index is 1100. The molecule has 9 nitrogen and oxygen atoms in total. The van der Waals surface area contributed by atoms with Crippen molar-refractivity contribution in [1.82, 2.24) is 14.3 Å². The van der Waals surface area contributed by atoms with Crippen LogP contribution in [-0.2, 0) is 17.9 Å². The molecule has 2 aromatic carbocycles. The van der Waals surface area contributed by atoms with Gasteiger partial charge in [-0.15, -0.1) is 0 Å². The predicted octanol–water partition coefficient (Wildman–Crippen LogP) is 1.68. The molecule has 28 heavy (non-hydrogen) atoms. The van der Waals surface area contributed by atoms with E-state index >= 15 is 0 Å². The Hall–Kier alpha value is -3.88. The molecule has 1 N–H and O–H groups in total. The first-order valence-corrected chi connectivity index (χ1v) is 8.57. The molecule has 1 aromatic heterocycles. The zero-order valence-corrected chi connectivity index (χ0v) is 15.0. The van der Waals surface area contributed by atoms with Crippen LogP contribution in [0.15, 0.2) is 59.4 Å². The average molecular weight is 379 g/mol. The quantitative estimate of drug-likeness (QED) is 0.727. The number of nitrogens with zero attached hydrogens (tertiary/aromatic N) is 4. The van der Waals surface area contributed by atoms with Crippen molar-refractivity contribution < 1.29 is 14.3 Å². The molecule has 2 amide bonds. The van der Waals surface area contributed by atoms with Crippen molar-refractivity contribution in [2.24, 2.45) is 0 Å². The highest BCUT2D eigenvalue weighted by Gasteiger charge is 2.33. The number of rotatable bonds is 5. The number of para-hydroxylation sites is 3. The Labute approximate surface area is 159 Å². The highest BCUT2D eigenvalue weighted by atomic mass is 16.5. The van der Waals surface area contributed by atoms with Gasteiger partial charge in [-0.25, -0.2) is 14.3 Å². The van der Waals surface area contributed by atoms with Gasteiger partial charge in [-0.3, -0.25) is 9.69 Å². The number of nitrogens with one attached hydrogen (secondary N) is 1. The molecule has 1 aliphatic rings. The molecular formula is C19H17N5O4. The van der Waals surface area contributed by atoms with Crippen LogP contribution in [0.4, 0.5) is 16.2 Å². The van der Waals surface area contributed by atoms with Gasteiger partial charge in [0.2, 0.25) is 5.91 Å². The van der Waals surface area contributed by atoms with Gasteiger partial charge in [0.1, 0.15) is 12.3 Å². The summed E-state index contributed by atoms with van der Waals surface area (Å²) in [7, 11) is 1.50. The first kappa shape index (κ1) is 17.5. The van der Waals surface area contributed by atoms with Crippen molar-refractivity contribution in [2.45, 2.75) is 13.1 Å². The van der Waals surface area contributed by atoms with Gasteiger partial charge in [0.15, 0.2) is 5.82 Å². The molecule has 3 aromatic rings. The van der Waals surface area contributed by atoms with Crippen molar-refractivity contribution in [3.63, 3.8) is 0 Å². The molecule has 0 saturated carbocycles. The molecule has 0 aliphatic carbocycles. The lowest BCUT2D eigenvalue weighted by molar-refractivity contribution is -0.117. The summed E-state index contributed by atoms with van der Waals surface area (Å²) in [5.41, 5.74) is 0.517. The summed E-state index contributed by atoms with van der Waals surface area (Å²) < 4.78 is 7.38. The van der Waals surface area contributed by atoms with Crippen LogP contribution in [0.1, 0.15) is 5.82 Å². The normalized spacial score (nSPS) is 12.8. The Kier molecular flexibility index (Phi) is 4.40. The van der Waals surface area contributed by atoms with Crippen LogP contribution in [0, 0.1) is 0 Å². The van der Waals surface area contributed by atoms with Crippen LogP contribution in [0.3, 0.4) is 0 Å². The second kappa shape index (κ2) is 7.03. The van der Waals surface area contributed by atoms with Gasteiger partial charge < -0.3 is 10.1 Å². The Morgan fingerprint density at radius 3 is 2.57 bits per heavy atom. The lowest BCUT2D eigenvalue weighted by Crippen LogP contribution is -2.36. The van der Waals surface area contributed by atoms with E-state index in [-0.39, 0.29) is 13.1 Å². The molecule has 2 heterocycles. The van der Waals surface area contributed by atoms with Crippen LogP contribution < -0.4 is 20.6 Å². The van der Waals surface area contributed by atoms with E-state index in [1.807, 2.05) is 18.2 Å². The van der Waals surface area contributed by atoms with Gasteiger partial charge in [0.25, 0.3) is 0 Å². The van der Waals surface area contributed by atoms with E-state index in [2.05, 4.69) is 10.3 Å². The van der Waals surface area contributed by atoms with E-state index in [0.29, 0.717) is 22.9 Å². The Morgan fingerprint density at radius 1 is 1.11 bits per heavy atom. The van der Waals surface area contributed by atoms with Gasteiger partial charge in [-0.2, -0.15) is 9.67 Å². The third-order valence-corrected chi connectivity index (χ3v) is 4.39. The number of anilines is 2. The zero-order chi connectivity index (χ0) is 19.7. The maximum absolute atomic E-state index is 12.8. The summed E-state index contributed by atoms with van der Waals surface area (Å²) in [5.74, 6) is 0.317. The minimum absolute atomic E-state index is 0.166. The summed E-state index contributed by atoms with van der Waals surface area (Å²) in [6, 6.07) is 15.6. The second-order valence-corrected chi connectivity index (χ2v) is 6.13. The second-order valence-electron chi connectivity index (χ2n) is 6.13. The molecule has 0 saturated heterocycles. The van der Waals surface area contributed by atoms with Gasteiger partial charge in [-0.05, 0) is 24.3 Å². The monoisotopic (exact) mass is 379 g/mol. The van der Waals surface area contributed by atoms with E-state index in [0.717, 1.165) is 9.36 Å². The molecule has 0 radical (unpaired) electrons. The fourth-order valence-electron chi connectivity index (χ4n) is 3.10. The highest BCUT2D eigenvalue weighted by Crippen LogP contribution is 2.24. The molecule has 0 unspecified atom stereocenters. The standard InChI is InChI=1S/C19H17N5O4/c1-28-15-10-6-5-9-14(15)20-17(25)12-23-18(26)21-16-11-22(19(27)24(16)23)13-7-3-2-4-8-13/h2-10H,11-12H2,1H3,(H,20,25). The van der Waals surface area contributed by atoms with Crippen LogP contribution in [0.2, 0.25) is 0 Å². The third kappa shape index (κ3) is 3.02. The van der Waals surface area contributed by atoms with E-state index in [9.17, 15) is 14.4 Å². The van der Waals surface area contributed by atoms with Crippen molar-refractivity contribution in [2.75, 3.05) is 17.3 Å². The lowest BCUT2D eigenvalue weighted by Gasteiger charge is -2.15. The number of methoxy groups -OCH3 is 1. The van der Waals surface area contributed by atoms with Crippen molar-refractivity contribution in [3.8, 4) is 5.75 Å². The topological polar surface area (TPSA) is 98.5 Å². The molecular weight excluding hydrogens is 362 g/mol. The number of hydrogen-bond donors (Lipinski definition) is 1. The number of hydrogen-bond acceptors (Lipinski definition) is 5. The summed E-state index contributed by atoms with van der Waals surface area (Å²) in [5, 5.41) is 2.69. The smallest absolute Gasteiger partial charge is 0.365 e. The van der Waals surface area contributed by atoms with Gasteiger partial charge in [-0.1, -0.05) is 30.3 Å². The van der Waals surface area contributed by atoms with Crippen molar-refractivity contribution in [1.29, 1.82) is 0 Å². The van der Waals surface area contributed by atoms with Crippen LogP contribution in [0.25, 0.3) is 0 Å². The number of aromatic nitrogens is 3. The summed E-state index contributed by atoms with van der Waals surface area (Å²) in [6.07, 6.45) is 0. The van der Waals surface area contributed by atoms with Gasteiger partial charge in [0.05, 0.1) is 19.3 Å². The zero-order valence-electron chi connectivity index (χ0n) is 15.0. The molecule has 0 bridgehead atoms. The highest BCUT2D eigenvalue weighted by molar-refractivity contribution is 5.96. The number of amides is 2. The predicted molar refractivity (Wildman–Crippen MR) is 102 cm³/mol. The lowest BCUT2D eigenvalue weighted by atomic mass is 10.3. The number of carbonyl (C=O) groups is 2. The number of ether oxygens (including phenoxy) is 1. The summed E-state index contributed by atoms with van der Waals surface area (Å²) >= 11 is 0. The number of benzene rings is 2. The number of carbonyl (C=O) groups excluding carboxylic acids is 2. The minimum atomic E-state index is -0.647. The Morgan fingerprint density at radius 2 is 1.82 bits per heavy atom. The molecule has 0 fully saturated rings. The molecule has 9 heteroatoms. The Balaban J connectivity index is 1.57. The SMILES string of the molecule is COc1ccccc1NC(=O)Cn1c(=O)nc2n1C(=O)N(c1ccccc1)C2. The van der Waals surface area contributed by atoms with Crippen molar-refractivity contribution in [3.05, 3.63) is 70.9 Å². The maximum Gasteiger partial charge on any atom is 0.365 e. The average Bonchev–Trinajstić information content (AvgIpc) is 3.18. The van der Waals surface area contributed by atoms with Gasteiger partial charge >= 0.3 is 11.7 Å². The first-order valence-electron chi connectivity index (χ1n) is 8.57. The van der Waals surface area contributed by atoms with Crippen LogP contribution >= 0.6 is 0 Å². The largest absolute Gasteiger partial charge is 0.495 e. The first-order chi connectivity index (χ1) is 13.6. The fourth-order valence-corrected chi connectivity index (χ4v) is 3.10. The van der Waals surface area contributed by atoms with Crippen LogP contribution in [-0.4, -0.2) is 33.4 Å². The van der Waals surface area contributed by atoms with E-state index in [4.69, 9.17) is 4.74 Å². The minimum Gasteiger partial charge on any atom is -0.495 e. The van der Waals surface area contributed by atoms with E-state index < -0.39 is 17.6 Å². The molecule has 4 rings (SSSR count). The van der Waals surface area contributed by atoms with E-state index in [1.54, 1.807) is 36.4 Å². The van der Waals surface area contributed by atoms with E-state index in [1.165, 1.54) is 12.0 Å². The molecule has 142 valence electrons. The number of fused-ring (bicyclic) bond motifs is 1. The van der Waals surface area contributed by atoms with Gasteiger partial charge in [0, 0.05) is 5.69 Å². The third-order valence-electron chi connectivity index (χ3n) is 4.39. The maximum atomic E-state index is 12.8.